The zero-order chi connectivity index (χ0) is 32.7. The lowest BCUT2D eigenvalue weighted by molar-refractivity contribution is -0.288. The number of nitrogens with zero attached hydrogens (tertiary/aromatic N) is 1. The van der Waals surface area contributed by atoms with Crippen LogP contribution in [0.4, 0.5) is 0 Å². The second-order valence-electron chi connectivity index (χ2n) is 11.7. The van der Waals surface area contributed by atoms with Crippen molar-refractivity contribution in [3.8, 4) is 0 Å². The van der Waals surface area contributed by atoms with Crippen LogP contribution in [-0.4, -0.2) is 112 Å². The maximum absolute atomic E-state index is 14.0. The van der Waals surface area contributed by atoms with E-state index in [-0.39, 0.29) is 25.2 Å². The lowest BCUT2D eigenvalue weighted by Crippen LogP contribution is -2.61. The van der Waals surface area contributed by atoms with E-state index in [1.807, 2.05) is 30.3 Å². The first-order chi connectivity index (χ1) is 21.6. The van der Waals surface area contributed by atoms with Gasteiger partial charge < -0.3 is 39.2 Å². The molecule has 0 bridgehead atoms. The number of carbonyl (C=O) groups excluding carboxylic acids is 4. The molecule has 4 rings (SSSR count). The Morgan fingerprint density at radius 2 is 1.80 bits per heavy atom. The van der Waals surface area contributed by atoms with Crippen molar-refractivity contribution < 1.29 is 53.4 Å². The summed E-state index contributed by atoms with van der Waals surface area (Å²) in [7, 11) is 0. The number of aliphatic hydroxyl groups is 3. The molecule has 4 N–H and O–H groups in total. The van der Waals surface area contributed by atoms with Crippen LogP contribution in [-0.2, 0) is 44.5 Å². The number of likely N-dealkylation sites (tertiary alicyclic amines) is 1. The molecular formula is C32H44N2O11. The van der Waals surface area contributed by atoms with Crippen LogP contribution in [0, 0.1) is 5.92 Å². The highest BCUT2D eigenvalue weighted by atomic mass is 16.7. The molecule has 1 aromatic rings. The van der Waals surface area contributed by atoms with Gasteiger partial charge in [0.15, 0.2) is 6.10 Å². The maximum Gasteiger partial charge on any atom is 0.338 e. The molecule has 1 saturated carbocycles. The average Bonchev–Trinajstić information content (AvgIpc) is 3.64. The zero-order valence-corrected chi connectivity index (χ0v) is 25.7. The van der Waals surface area contributed by atoms with E-state index in [2.05, 4.69) is 11.9 Å². The van der Waals surface area contributed by atoms with Crippen molar-refractivity contribution in [2.45, 2.75) is 107 Å². The third kappa shape index (κ3) is 8.08. The number of rotatable bonds is 13. The van der Waals surface area contributed by atoms with E-state index < -0.39 is 72.6 Å². The first-order valence-corrected chi connectivity index (χ1v) is 15.5. The molecule has 0 unspecified atom stereocenters. The average molecular weight is 633 g/mol. The number of carbonyl (C=O) groups is 4. The molecule has 0 aromatic heterocycles. The van der Waals surface area contributed by atoms with Crippen molar-refractivity contribution in [1.29, 1.82) is 0 Å². The Hall–Kier alpha value is -3.36. The van der Waals surface area contributed by atoms with Crippen LogP contribution >= 0.6 is 0 Å². The van der Waals surface area contributed by atoms with Gasteiger partial charge in [-0.1, -0.05) is 49.4 Å². The summed E-state index contributed by atoms with van der Waals surface area (Å²) in [6.07, 6.45) is -4.16. The summed E-state index contributed by atoms with van der Waals surface area (Å²) >= 11 is 0. The van der Waals surface area contributed by atoms with Crippen LogP contribution in [0.3, 0.4) is 0 Å². The molecule has 2 aliphatic heterocycles. The summed E-state index contributed by atoms with van der Waals surface area (Å²) < 4.78 is 21.0. The van der Waals surface area contributed by atoms with Gasteiger partial charge in [0.25, 0.3) is 0 Å². The number of aryl methyl sites for hydroxylation is 1. The van der Waals surface area contributed by atoms with Crippen LogP contribution in [0.25, 0.3) is 0 Å². The number of ether oxygens (including phenoxy) is 4. The Morgan fingerprint density at radius 3 is 2.49 bits per heavy atom. The topological polar surface area (TPSA) is 181 Å². The van der Waals surface area contributed by atoms with Gasteiger partial charge in [-0.3, -0.25) is 14.9 Å². The van der Waals surface area contributed by atoms with Gasteiger partial charge in [0, 0.05) is 6.04 Å². The Bertz CT molecular complexity index is 1200. The second-order valence-corrected chi connectivity index (χ2v) is 11.7. The summed E-state index contributed by atoms with van der Waals surface area (Å²) in [5.41, 5.74) is 1.03. The lowest BCUT2D eigenvalue weighted by Gasteiger charge is -2.39. The number of fused-ring (bicyclic) bond motifs is 1. The molecule has 3 fully saturated rings. The van der Waals surface area contributed by atoms with Crippen LogP contribution in [0.15, 0.2) is 43.0 Å². The van der Waals surface area contributed by atoms with Gasteiger partial charge in [-0.2, -0.15) is 0 Å². The third-order valence-electron chi connectivity index (χ3n) is 8.70. The molecule has 2 saturated heterocycles. The van der Waals surface area contributed by atoms with Crippen molar-refractivity contribution in [2.24, 2.45) is 5.92 Å². The molecule has 1 amide bonds. The van der Waals surface area contributed by atoms with Crippen LogP contribution in [0.5, 0.6) is 0 Å². The van der Waals surface area contributed by atoms with Crippen molar-refractivity contribution in [3.05, 3.63) is 48.6 Å². The molecule has 13 nitrogen and oxygen atoms in total. The first-order valence-electron chi connectivity index (χ1n) is 15.5. The molecule has 45 heavy (non-hydrogen) atoms. The standard InChI is InChI=1S/C32H44N2O11/c1-4-16-43-31(41)27-25(36)24(35)26(37)32(44-27)45-30(40)23-17-20-12-9-13-22(20)34(23)28(38)18(3)33-21(29(39)42-5-2)15-14-19-10-7-6-8-11-19/h4,6-8,10-11,18,20-27,32-33,35-37H,1,5,9,12-17H2,2-3H3/t18-,20-,21-,22-,23-,24+,25-,26-,27+,32+/m0/s1. The van der Waals surface area contributed by atoms with E-state index in [1.165, 1.54) is 11.0 Å². The number of nitrogens with one attached hydrogen (secondary N) is 1. The van der Waals surface area contributed by atoms with E-state index in [4.69, 9.17) is 18.9 Å². The minimum absolute atomic E-state index is 0.0453. The molecule has 0 spiro atoms. The summed E-state index contributed by atoms with van der Waals surface area (Å²) in [4.78, 5) is 54.2. The molecular weight excluding hydrogens is 588 g/mol. The zero-order valence-electron chi connectivity index (χ0n) is 25.7. The van der Waals surface area contributed by atoms with Gasteiger partial charge in [-0.15, -0.1) is 0 Å². The smallest absolute Gasteiger partial charge is 0.338 e. The first kappa shape index (κ1) is 34.5. The van der Waals surface area contributed by atoms with Gasteiger partial charge in [-0.05, 0) is 57.4 Å². The number of amides is 1. The molecule has 2 heterocycles. The Kier molecular flexibility index (Phi) is 12.1. The highest BCUT2D eigenvalue weighted by Gasteiger charge is 2.53. The quantitative estimate of drug-likeness (QED) is 0.134. The fraction of sp³-hybridized carbons (Fsp3) is 0.625. The van der Waals surface area contributed by atoms with Crippen molar-refractivity contribution in [1.82, 2.24) is 10.2 Å². The van der Waals surface area contributed by atoms with Gasteiger partial charge in [-0.25, -0.2) is 9.59 Å². The van der Waals surface area contributed by atoms with E-state index in [0.29, 0.717) is 25.7 Å². The minimum atomic E-state index is -1.88. The Morgan fingerprint density at radius 1 is 1.07 bits per heavy atom. The van der Waals surface area contributed by atoms with E-state index >= 15 is 0 Å². The number of esters is 3. The maximum atomic E-state index is 14.0. The highest BCUT2D eigenvalue weighted by molar-refractivity contribution is 5.89. The van der Waals surface area contributed by atoms with Gasteiger partial charge in [0.05, 0.1) is 12.6 Å². The summed E-state index contributed by atoms with van der Waals surface area (Å²) in [5.74, 6) is -2.75. The summed E-state index contributed by atoms with van der Waals surface area (Å²) in [5, 5.41) is 34.3. The Balaban J connectivity index is 1.47. The molecule has 1 aromatic carbocycles. The van der Waals surface area contributed by atoms with Crippen LogP contribution < -0.4 is 5.32 Å². The summed E-state index contributed by atoms with van der Waals surface area (Å²) in [6, 6.07) is 6.75. The highest BCUT2D eigenvalue weighted by Crippen LogP contribution is 2.42. The number of hydrogen-bond donors (Lipinski definition) is 4. The number of hydrogen-bond acceptors (Lipinski definition) is 12. The van der Waals surface area contributed by atoms with Gasteiger partial charge >= 0.3 is 17.9 Å². The fourth-order valence-electron chi connectivity index (χ4n) is 6.44. The fourth-order valence-corrected chi connectivity index (χ4v) is 6.44. The molecule has 13 heteroatoms. The number of benzene rings is 1. The largest absolute Gasteiger partial charge is 0.465 e. The molecule has 0 radical (unpaired) electrons. The monoisotopic (exact) mass is 632 g/mol. The normalized spacial score (nSPS) is 30.6. The molecule has 3 aliphatic rings. The van der Waals surface area contributed by atoms with Crippen molar-refractivity contribution >= 4 is 23.8 Å². The third-order valence-corrected chi connectivity index (χ3v) is 8.70. The van der Waals surface area contributed by atoms with E-state index in [1.54, 1.807) is 13.8 Å². The predicted octanol–water partition coefficient (Wildman–Crippen LogP) is 0.379. The molecule has 10 atom stereocenters. The van der Waals surface area contributed by atoms with Crippen LogP contribution in [0.2, 0.25) is 0 Å². The SMILES string of the molecule is C=CCOC(=O)[C@@H]1O[C@H](OC(=O)[C@@H]2C[C@@H]3CCC[C@@H]3N2C(=O)[C@H](C)N[C@@H](CCc2ccccc2)C(=O)OCC)[C@@H](O)[C@H](O)[C@@H]1O. The van der Waals surface area contributed by atoms with Gasteiger partial charge in [0.1, 0.15) is 37.0 Å². The van der Waals surface area contributed by atoms with E-state index in [9.17, 15) is 34.5 Å². The van der Waals surface area contributed by atoms with Crippen molar-refractivity contribution in [3.63, 3.8) is 0 Å². The Labute approximate surface area is 262 Å². The van der Waals surface area contributed by atoms with Gasteiger partial charge in [0.2, 0.25) is 12.2 Å². The minimum Gasteiger partial charge on any atom is -0.465 e. The predicted molar refractivity (Wildman–Crippen MR) is 158 cm³/mol. The molecule has 1 aliphatic carbocycles. The van der Waals surface area contributed by atoms with Crippen LogP contribution in [0.1, 0.15) is 51.5 Å². The number of aliphatic hydroxyl groups excluding tert-OH is 3. The van der Waals surface area contributed by atoms with Crippen molar-refractivity contribution in [2.75, 3.05) is 13.2 Å². The molecule has 248 valence electrons. The van der Waals surface area contributed by atoms with E-state index in [0.717, 1.165) is 18.4 Å². The summed E-state index contributed by atoms with van der Waals surface area (Å²) in [6.45, 7) is 6.77. The second kappa shape index (κ2) is 15.8. The lowest BCUT2D eigenvalue weighted by atomic mass is 9.99.